The van der Waals surface area contributed by atoms with E-state index in [0.717, 1.165) is 18.8 Å². The van der Waals surface area contributed by atoms with E-state index in [1.54, 1.807) is 0 Å². The van der Waals surface area contributed by atoms with Gasteiger partial charge in [0.05, 0.1) is 0 Å². The van der Waals surface area contributed by atoms with Crippen LogP contribution in [-0.4, -0.2) is 0 Å². The summed E-state index contributed by atoms with van der Waals surface area (Å²) in [5.41, 5.74) is 5.45. The minimum atomic E-state index is 0.774. The maximum atomic E-state index is 3.77. The van der Waals surface area contributed by atoms with E-state index in [1.807, 2.05) is 6.08 Å². The second-order valence-corrected chi connectivity index (χ2v) is 8.61. The van der Waals surface area contributed by atoms with E-state index in [-0.39, 0.29) is 0 Å². The molecule has 1 aromatic carbocycles. The molecule has 0 nitrogen and oxygen atoms in total. The summed E-state index contributed by atoms with van der Waals surface area (Å²) in [7, 11) is 0. The van der Waals surface area contributed by atoms with E-state index in [2.05, 4.69) is 84.5 Å². The van der Waals surface area contributed by atoms with Crippen LogP contribution in [-0.2, 0) is 0 Å². The van der Waals surface area contributed by atoms with Crippen LogP contribution in [0.25, 0.3) is 11.1 Å². The van der Waals surface area contributed by atoms with E-state index in [4.69, 9.17) is 0 Å². The predicted molar refractivity (Wildman–Crippen MR) is 136 cm³/mol. The van der Waals surface area contributed by atoms with Crippen molar-refractivity contribution in [2.75, 3.05) is 0 Å². The van der Waals surface area contributed by atoms with Gasteiger partial charge in [-0.3, -0.25) is 0 Å². The molecule has 0 fully saturated rings. The fourth-order valence-electron chi connectivity index (χ4n) is 3.14. The average molecular weight is 397 g/mol. The van der Waals surface area contributed by atoms with Gasteiger partial charge in [-0.25, -0.2) is 0 Å². The fourth-order valence-corrected chi connectivity index (χ4v) is 3.14. The third-order valence-electron chi connectivity index (χ3n) is 5.24. The van der Waals surface area contributed by atoms with Gasteiger partial charge in [0.1, 0.15) is 0 Å². The second kappa shape index (κ2) is 18.5. The summed E-state index contributed by atoms with van der Waals surface area (Å²) in [5, 5.41) is 0. The Morgan fingerprint density at radius 1 is 0.828 bits per heavy atom. The average Bonchev–Trinajstić information content (AvgIpc) is 2.71. The first-order valence-electron chi connectivity index (χ1n) is 12.0. The molecule has 0 heteroatoms. The smallest absolute Gasteiger partial charge is 0.0224 e. The van der Waals surface area contributed by atoms with Gasteiger partial charge in [-0.1, -0.05) is 96.2 Å². The number of unbranched alkanes of at least 4 members (excludes halogenated alkanes) is 6. The Morgan fingerprint density at radius 2 is 1.38 bits per heavy atom. The summed E-state index contributed by atoms with van der Waals surface area (Å²) in [6.07, 6.45) is 19.6. The van der Waals surface area contributed by atoms with Gasteiger partial charge in [0.15, 0.2) is 0 Å². The number of rotatable bonds is 13. The second-order valence-electron chi connectivity index (χ2n) is 8.61. The van der Waals surface area contributed by atoms with Gasteiger partial charge < -0.3 is 0 Å². The van der Waals surface area contributed by atoms with E-state index >= 15 is 0 Å². The molecule has 0 radical (unpaired) electrons. The zero-order valence-corrected chi connectivity index (χ0v) is 20.4. The van der Waals surface area contributed by atoms with Crippen molar-refractivity contribution in [2.45, 2.75) is 106 Å². The first-order valence-corrected chi connectivity index (χ1v) is 12.0. The fraction of sp³-hybridized carbons (Fsp3) is 0.586. The van der Waals surface area contributed by atoms with Crippen molar-refractivity contribution in [1.82, 2.24) is 0 Å². The van der Waals surface area contributed by atoms with Gasteiger partial charge >= 0.3 is 0 Å². The first-order chi connectivity index (χ1) is 14.0. The summed E-state index contributed by atoms with van der Waals surface area (Å²) >= 11 is 0. The van der Waals surface area contributed by atoms with E-state index < -0.39 is 0 Å². The maximum absolute atomic E-state index is 3.77. The number of hydrogen-bond acceptors (Lipinski definition) is 0. The van der Waals surface area contributed by atoms with Crippen molar-refractivity contribution in [3.63, 3.8) is 0 Å². The highest BCUT2D eigenvalue weighted by molar-refractivity contribution is 5.70. The van der Waals surface area contributed by atoms with Crippen LogP contribution in [0, 0.1) is 5.92 Å². The molecule has 0 spiro atoms. The van der Waals surface area contributed by atoms with Gasteiger partial charge in [-0.05, 0) is 80.2 Å². The van der Waals surface area contributed by atoms with Crippen molar-refractivity contribution in [1.29, 1.82) is 0 Å². The lowest BCUT2D eigenvalue weighted by Crippen LogP contribution is -1.87. The van der Waals surface area contributed by atoms with E-state index in [0.29, 0.717) is 0 Å². The molecule has 0 aromatic heterocycles. The van der Waals surface area contributed by atoms with Crippen molar-refractivity contribution in [2.24, 2.45) is 5.92 Å². The molecule has 29 heavy (non-hydrogen) atoms. The number of allylic oxidation sites excluding steroid dienone is 5. The lowest BCUT2D eigenvalue weighted by atomic mass is 9.98. The molecule has 0 amide bonds. The highest BCUT2D eigenvalue weighted by atomic mass is 14.1. The van der Waals surface area contributed by atoms with Crippen molar-refractivity contribution in [3.8, 4) is 0 Å². The molecule has 0 atom stereocenters. The van der Waals surface area contributed by atoms with Crippen molar-refractivity contribution < 1.29 is 0 Å². The summed E-state index contributed by atoms with van der Waals surface area (Å²) in [6.45, 7) is 17.3. The Balaban J connectivity index is 0.000000956. The van der Waals surface area contributed by atoms with Gasteiger partial charge in [0.25, 0.3) is 0 Å². The Morgan fingerprint density at radius 3 is 1.86 bits per heavy atom. The topological polar surface area (TPSA) is 0 Å². The Kier molecular flexibility index (Phi) is 17.5. The number of hydrogen-bond donors (Lipinski definition) is 0. The van der Waals surface area contributed by atoms with Crippen LogP contribution in [0.1, 0.15) is 117 Å². The zero-order valence-electron chi connectivity index (χ0n) is 20.4. The molecule has 164 valence electrons. The molecule has 0 aliphatic rings. The van der Waals surface area contributed by atoms with Gasteiger partial charge in [-0.2, -0.15) is 0 Å². The molecule has 0 heterocycles. The third-order valence-corrected chi connectivity index (χ3v) is 5.24. The zero-order chi connectivity index (χ0) is 21.9. The molecular formula is C29H48. The molecular weight excluding hydrogens is 348 g/mol. The molecule has 0 unspecified atom stereocenters. The summed E-state index contributed by atoms with van der Waals surface area (Å²) in [6, 6.07) is 8.92. The third kappa shape index (κ3) is 15.0. The molecule has 0 saturated heterocycles. The lowest BCUT2D eigenvalue weighted by Gasteiger charge is -2.08. The molecule has 0 bridgehead atoms. The van der Waals surface area contributed by atoms with Gasteiger partial charge in [0.2, 0.25) is 0 Å². The molecule has 0 saturated carbocycles. The van der Waals surface area contributed by atoms with E-state index in [1.165, 1.54) is 73.6 Å². The highest BCUT2D eigenvalue weighted by Gasteiger charge is 2.00. The van der Waals surface area contributed by atoms with Crippen LogP contribution < -0.4 is 0 Å². The van der Waals surface area contributed by atoms with Crippen molar-refractivity contribution >= 4 is 11.1 Å². The minimum absolute atomic E-state index is 0.774. The van der Waals surface area contributed by atoms with Crippen LogP contribution in [0.2, 0.25) is 0 Å². The predicted octanol–water partition coefficient (Wildman–Crippen LogP) is 10.3. The summed E-state index contributed by atoms with van der Waals surface area (Å²) < 4.78 is 0. The normalized spacial score (nSPS) is 12.0. The van der Waals surface area contributed by atoms with Crippen molar-refractivity contribution in [3.05, 3.63) is 60.2 Å². The van der Waals surface area contributed by atoms with Crippen LogP contribution in [0.5, 0.6) is 0 Å². The largest absolute Gasteiger partial charge is 0.103 e. The van der Waals surface area contributed by atoms with Gasteiger partial charge in [0, 0.05) is 0 Å². The first kappa shape index (κ1) is 27.4. The summed E-state index contributed by atoms with van der Waals surface area (Å²) in [4.78, 5) is 0. The van der Waals surface area contributed by atoms with Crippen LogP contribution in [0.3, 0.4) is 0 Å². The molecule has 1 aromatic rings. The van der Waals surface area contributed by atoms with Gasteiger partial charge in [-0.15, -0.1) is 6.58 Å². The van der Waals surface area contributed by atoms with Crippen LogP contribution in [0.15, 0.2) is 49.1 Å². The Bertz CT molecular complexity index is 582. The van der Waals surface area contributed by atoms with E-state index in [9.17, 15) is 0 Å². The Labute approximate surface area is 183 Å². The molecule has 1 rings (SSSR count). The van der Waals surface area contributed by atoms with Crippen LogP contribution in [0.4, 0.5) is 0 Å². The standard InChI is InChI=1S/C22H32.C7H16/c1-6-7-8-9-13-19(4)21-15-11-16-22(17-21)20(5)14-10-12-18(2)3;1-3-5-7-6-4-2/h6,11,13-18H,1,7-10,12H2,2-5H3;3-7H2,1-2H3/b19-13+,20-14+;. The van der Waals surface area contributed by atoms with Crippen LogP contribution >= 0.6 is 0 Å². The lowest BCUT2D eigenvalue weighted by molar-refractivity contribution is 0.594. The Hall–Kier alpha value is -1.56. The highest BCUT2D eigenvalue weighted by Crippen LogP contribution is 2.22. The molecule has 0 aliphatic carbocycles. The molecule has 0 N–H and O–H groups in total. The minimum Gasteiger partial charge on any atom is -0.103 e. The summed E-state index contributed by atoms with van der Waals surface area (Å²) in [5.74, 6) is 0.774. The number of benzene rings is 1. The monoisotopic (exact) mass is 396 g/mol. The quantitative estimate of drug-likeness (QED) is 0.230. The molecule has 0 aliphatic heterocycles. The maximum Gasteiger partial charge on any atom is -0.0224 e. The SMILES string of the molecule is C=CCCC/C=C(\C)c1cccc(/C(C)=C/CCC(C)C)c1.CCCCCCC.